The van der Waals surface area contributed by atoms with Gasteiger partial charge in [0, 0.05) is 35.9 Å². The summed E-state index contributed by atoms with van der Waals surface area (Å²) >= 11 is 6.31. The fraction of sp³-hybridized carbons (Fsp3) is 0.259. The molecule has 0 unspecified atom stereocenters. The lowest BCUT2D eigenvalue weighted by atomic mass is 9.84. The van der Waals surface area contributed by atoms with Crippen LogP contribution in [0.15, 0.2) is 66.7 Å². The van der Waals surface area contributed by atoms with E-state index in [1.165, 1.54) is 5.56 Å². The third kappa shape index (κ3) is 4.03. The van der Waals surface area contributed by atoms with Crippen LogP contribution in [0.5, 0.6) is 0 Å². The molecule has 1 N–H and O–H groups in total. The van der Waals surface area contributed by atoms with Crippen LogP contribution in [-0.2, 0) is 5.60 Å². The molecule has 3 aromatic rings. The first-order chi connectivity index (χ1) is 16.0. The first kappa shape index (κ1) is 21.7. The molecule has 0 bridgehead atoms. The molecule has 0 saturated carbocycles. The molecule has 1 aromatic heterocycles. The van der Waals surface area contributed by atoms with E-state index in [9.17, 15) is 9.90 Å². The van der Waals surface area contributed by atoms with Crippen molar-refractivity contribution in [3.05, 3.63) is 94.3 Å². The van der Waals surface area contributed by atoms with Crippen molar-refractivity contribution in [2.75, 3.05) is 24.5 Å². The van der Waals surface area contributed by atoms with Crippen LogP contribution < -0.4 is 4.90 Å². The minimum absolute atomic E-state index is 0.107. The first-order valence-electron chi connectivity index (χ1n) is 11.2. The Hall–Kier alpha value is -3.15. The summed E-state index contributed by atoms with van der Waals surface area (Å²) in [6, 6.07) is 19.4. The van der Waals surface area contributed by atoms with E-state index in [4.69, 9.17) is 11.6 Å². The van der Waals surface area contributed by atoms with Crippen molar-refractivity contribution in [3.8, 4) is 0 Å². The van der Waals surface area contributed by atoms with Gasteiger partial charge in [-0.3, -0.25) is 4.79 Å². The summed E-state index contributed by atoms with van der Waals surface area (Å²) in [5, 5.41) is 11.7. The molecule has 2 aliphatic heterocycles. The van der Waals surface area contributed by atoms with Gasteiger partial charge in [-0.2, -0.15) is 0 Å². The number of likely N-dealkylation sites (tertiary alicyclic amines) is 1. The van der Waals surface area contributed by atoms with Gasteiger partial charge in [0.15, 0.2) is 0 Å². The summed E-state index contributed by atoms with van der Waals surface area (Å²) in [5.74, 6) is -0.107. The molecule has 33 heavy (non-hydrogen) atoms. The Labute approximate surface area is 198 Å². The molecule has 6 heteroatoms. The SMILES string of the molecule is Cc1nc(C(=O)N2CCC(O)(c3ccccc3Cl)CC2)ccc1N1CC=Cc2ccccc21. The van der Waals surface area contributed by atoms with Gasteiger partial charge in [-0.15, -0.1) is 0 Å². The molecule has 168 valence electrons. The number of carbonyl (C=O) groups is 1. The third-order valence-corrected chi connectivity index (χ3v) is 6.96. The lowest BCUT2D eigenvalue weighted by molar-refractivity contribution is -0.0211. The minimum atomic E-state index is -1.02. The minimum Gasteiger partial charge on any atom is -0.385 e. The highest BCUT2D eigenvalue weighted by atomic mass is 35.5. The second kappa shape index (κ2) is 8.65. The maximum absolute atomic E-state index is 13.2. The van der Waals surface area contributed by atoms with Gasteiger partial charge in [0.05, 0.1) is 17.0 Å². The lowest BCUT2D eigenvalue weighted by Gasteiger charge is -2.38. The Morgan fingerprint density at radius 3 is 2.48 bits per heavy atom. The maximum Gasteiger partial charge on any atom is 0.272 e. The number of para-hydroxylation sites is 1. The zero-order valence-electron chi connectivity index (χ0n) is 18.5. The number of pyridine rings is 1. The van der Waals surface area contributed by atoms with Crippen LogP contribution in [0.2, 0.25) is 5.02 Å². The van der Waals surface area contributed by atoms with E-state index in [1.807, 2.05) is 43.3 Å². The average Bonchev–Trinajstić information content (AvgIpc) is 2.84. The summed E-state index contributed by atoms with van der Waals surface area (Å²) in [6.45, 7) is 3.61. The van der Waals surface area contributed by atoms with Crippen LogP contribution in [0.3, 0.4) is 0 Å². The average molecular weight is 460 g/mol. The van der Waals surface area contributed by atoms with E-state index in [-0.39, 0.29) is 5.91 Å². The molecule has 0 aliphatic carbocycles. The molecule has 0 spiro atoms. The Morgan fingerprint density at radius 1 is 1.00 bits per heavy atom. The van der Waals surface area contributed by atoms with E-state index < -0.39 is 5.60 Å². The number of nitrogens with zero attached hydrogens (tertiary/aromatic N) is 3. The van der Waals surface area contributed by atoms with Crippen LogP contribution in [0.4, 0.5) is 11.4 Å². The number of amides is 1. The van der Waals surface area contributed by atoms with Gasteiger partial charge < -0.3 is 14.9 Å². The van der Waals surface area contributed by atoms with Gasteiger partial charge in [-0.25, -0.2) is 4.98 Å². The van der Waals surface area contributed by atoms with Crippen LogP contribution in [-0.4, -0.2) is 40.5 Å². The Morgan fingerprint density at radius 2 is 1.73 bits per heavy atom. The van der Waals surface area contributed by atoms with Gasteiger partial charge in [0.2, 0.25) is 0 Å². The molecular formula is C27H26ClN3O2. The van der Waals surface area contributed by atoms with Crippen molar-refractivity contribution in [1.82, 2.24) is 9.88 Å². The number of aliphatic hydroxyl groups is 1. The molecule has 0 atom stereocenters. The molecule has 5 nitrogen and oxygen atoms in total. The van der Waals surface area contributed by atoms with Gasteiger partial charge in [-0.1, -0.05) is 60.2 Å². The normalized spacial score (nSPS) is 17.1. The second-order valence-corrected chi connectivity index (χ2v) is 9.08. The molecule has 1 amide bonds. The van der Waals surface area contributed by atoms with E-state index >= 15 is 0 Å². The van der Waals surface area contributed by atoms with Gasteiger partial charge in [0.25, 0.3) is 5.91 Å². The number of fused-ring (bicyclic) bond motifs is 1. The van der Waals surface area contributed by atoms with Crippen molar-refractivity contribution >= 4 is 35.0 Å². The third-order valence-electron chi connectivity index (χ3n) is 6.63. The van der Waals surface area contributed by atoms with Crippen LogP contribution in [0.1, 0.15) is 40.2 Å². The summed E-state index contributed by atoms with van der Waals surface area (Å²) < 4.78 is 0. The molecule has 1 saturated heterocycles. The monoisotopic (exact) mass is 459 g/mol. The summed E-state index contributed by atoms with van der Waals surface area (Å²) in [7, 11) is 0. The standard InChI is InChI=1S/C27H26ClN3O2/c1-19-24(31-16-6-8-20-7-2-5-11-25(20)31)13-12-23(29-19)26(32)30-17-14-27(33,15-18-30)21-9-3-4-10-22(21)28/h2-13,33H,14-18H2,1H3. The summed E-state index contributed by atoms with van der Waals surface area (Å²) in [6.07, 6.45) is 5.15. The molecular weight excluding hydrogens is 434 g/mol. The van der Waals surface area contributed by atoms with Crippen LogP contribution >= 0.6 is 11.6 Å². The van der Waals surface area contributed by atoms with E-state index in [0.717, 1.165) is 29.2 Å². The number of carbonyl (C=O) groups excluding carboxylic acids is 1. The maximum atomic E-state index is 13.2. The second-order valence-electron chi connectivity index (χ2n) is 8.68. The lowest BCUT2D eigenvalue weighted by Crippen LogP contribution is -2.45. The van der Waals surface area contributed by atoms with Crippen LogP contribution in [0.25, 0.3) is 6.08 Å². The Bertz CT molecular complexity index is 1230. The predicted molar refractivity (Wildman–Crippen MR) is 132 cm³/mol. The largest absolute Gasteiger partial charge is 0.385 e. The van der Waals surface area contributed by atoms with E-state index in [2.05, 4.69) is 34.2 Å². The predicted octanol–water partition coefficient (Wildman–Crippen LogP) is 5.33. The number of benzene rings is 2. The Kier molecular flexibility index (Phi) is 5.69. The highest BCUT2D eigenvalue weighted by molar-refractivity contribution is 6.31. The summed E-state index contributed by atoms with van der Waals surface area (Å²) in [4.78, 5) is 21.8. The highest BCUT2D eigenvalue weighted by Gasteiger charge is 2.37. The number of halogens is 1. The van der Waals surface area contributed by atoms with Crippen LogP contribution in [0, 0.1) is 6.92 Å². The molecule has 3 heterocycles. The number of aryl methyl sites for hydroxylation is 1. The topological polar surface area (TPSA) is 56.7 Å². The van der Waals surface area contributed by atoms with Crippen molar-refractivity contribution in [1.29, 1.82) is 0 Å². The molecule has 2 aromatic carbocycles. The van der Waals surface area contributed by atoms with Gasteiger partial charge in [0.1, 0.15) is 5.69 Å². The first-order valence-corrected chi connectivity index (χ1v) is 11.6. The number of hydrogen-bond acceptors (Lipinski definition) is 4. The highest BCUT2D eigenvalue weighted by Crippen LogP contribution is 2.37. The molecule has 1 fully saturated rings. The van der Waals surface area contributed by atoms with Crippen molar-refractivity contribution in [2.24, 2.45) is 0 Å². The zero-order chi connectivity index (χ0) is 23.0. The Balaban J connectivity index is 1.32. The smallest absolute Gasteiger partial charge is 0.272 e. The fourth-order valence-electron chi connectivity index (χ4n) is 4.79. The molecule has 2 aliphatic rings. The number of piperidine rings is 1. The van der Waals surface area contributed by atoms with Gasteiger partial charge >= 0.3 is 0 Å². The summed E-state index contributed by atoms with van der Waals surface area (Å²) in [5.41, 5.74) is 4.26. The van der Waals surface area contributed by atoms with Crippen molar-refractivity contribution < 1.29 is 9.90 Å². The van der Waals surface area contributed by atoms with Crippen molar-refractivity contribution in [3.63, 3.8) is 0 Å². The van der Waals surface area contributed by atoms with Gasteiger partial charge in [-0.05, 0) is 49.6 Å². The van der Waals surface area contributed by atoms with Crippen molar-refractivity contribution in [2.45, 2.75) is 25.4 Å². The molecule has 0 radical (unpaired) electrons. The number of hydrogen-bond donors (Lipinski definition) is 1. The number of aromatic nitrogens is 1. The van der Waals surface area contributed by atoms with E-state index in [0.29, 0.717) is 36.6 Å². The number of anilines is 2. The molecule has 5 rings (SSSR count). The quantitative estimate of drug-likeness (QED) is 0.575. The zero-order valence-corrected chi connectivity index (χ0v) is 19.3. The van der Waals surface area contributed by atoms with E-state index in [1.54, 1.807) is 17.0 Å². The fourth-order valence-corrected chi connectivity index (χ4v) is 5.11. The number of rotatable bonds is 3.